The van der Waals surface area contributed by atoms with E-state index in [0.717, 1.165) is 17.7 Å². The Balaban J connectivity index is 1.85. The zero-order chi connectivity index (χ0) is 14.5. The Labute approximate surface area is 129 Å². The summed E-state index contributed by atoms with van der Waals surface area (Å²) in [5, 5.41) is 12.7. The normalized spacial score (nSPS) is 17.6. The van der Waals surface area contributed by atoms with Gasteiger partial charge in [-0.1, -0.05) is 11.6 Å². The Morgan fingerprint density at radius 1 is 1.45 bits per heavy atom. The fraction of sp³-hybridized carbons (Fsp3) is 0.533. The van der Waals surface area contributed by atoms with Crippen LogP contribution in [0.2, 0.25) is 5.02 Å². The van der Waals surface area contributed by atoms with Gasteiger partial charge in [0.25, 0.3) is 0 Å². The lowest BCUT2D eigenvalue weighted by Crippen LogP contribution is -2.41. The van der Waals surface area contributed by atoms with E-state index in [0.29, 0.717) is 17.4 Å². The van der Waals surface area contributed by atoms with E-state index in [-0.39, 0.29) is 23.8 Å². The van der Waals surface area contributed by atoms with E-state index in [2.05, 4.69) is 5.32 Å². The molecule has 0 aromatic heterocycles. The number of aliphatic hydroxyl groups is 1. The predicted molar refractivity (Wildman–Crippen MR) is 83.1 cm³/mol. The third-order valence-electron chi connectivity index (χ3n) is 3.45. The van der Waals surface area contributed by atoms with Gasteiger partial charge in [0, 0.05) is 22.6 Å². The molecule has 0 aliphatic heterocycles. The number of aliphatic hydroxyl groups excluding tert-OH is 1. The molecule has 3 nitrogen and oxygen atoms in total. The van der Waals surface area contributed by atoms with Crippen LogP contribution in [0.15, 0.2) is 29.2 Å². The summed E-state index contributed by atoms with van der Waals surface area (Å²) in [5.41, 5.74) is 0. The first kappa shape index (κ1) is 15.7. The smallest absolute Gasteiger partial charge is 0.233 e. The van der Waals surface area contributed by atoms with Crippen molar-refractivity contribution in [3.63, 3.8) is 0 Å². The number of hydrogen-bond donors (Lipinski definition) is 2. The van der Waals surface area contributed by atoms with Crippen molar-refractivity contribution in [1.29, 1.82) is 0 Å². The summed E-state index contributed by atoms with van der Waals surface area (Å²) < 4.78 is 0. The van der Waals surface area contributed by atoms with Crippen LogP contribution < -0.4 is 5.32 Å². The second-order valence-corrected chi connectivity index (χ2v) is 7.03. The number of carbonyl (C=O) groups is 1. The monoisotopic (exact) mass is 313 g/mol. The summed E-state index contributed by atoms with van der Waals surface area (Å²) >= 11 is 7.36. The molecule has 0 radical (unpaired) electrons. The zero-order valence-corrected chi connectivity index (χ0v) is 13.1. The molecule has 2 N–H and O–H groups in total. The van der Waals surface area contributed by atoms with Crippen LogP contribution in [-0.2, 0) is 4.79 Å². The van der Waals surface area contributed by atoms with E-state index in [4.69, 9.17) is 16.7 Å². The van der Waals surface area contributed by atoms with Crippen LogP contribution in [0.3, 0.4) is 0 Å². The van der Waals surface area contributed by atoms with Crippen LogP contribution in [-0.4, -0.2) is 28.9 Å². The molecule has 20 heavy (non-hydrogen) atoms. The van der Waals surface area contributed by atoms with Gasteiger partial charge in [0.05, 0.1) is 5.25 Å². The molecule has 1 saturated carbocycles. The Kier molecular flexibility index (Phi) is 5.75. The first-order valence-electron chi connectivity index (χ1n) is 6.93. The van der Waals surface area contributed by atoms with Crippen LogP contribution in [0.25, 0.3) is 0 Å². The molecule has 0 heterocycles. The maximum Gasteiger partial charge on any atom is 0.233 e. The molecule has 0 bridgehead atoms. The summed E-state index contributed by atoms with van der Waals surface area (Å²) in [7, 11) is 0. The Bertz CT molecular complexity index is 448. The summed E-state index contributed by atoms with van der Waals surface area (Å²) in [5.74, 6) is 0.592. The average Bonchev–Trinajstić information content (AvgIpc) is 3.25. The maximum atomic E-state index is 12.2. The number of carbonyl (C=O) groups excluding carboxylic acids is 1. The highest BCUT2D eigenvalue weighted by atomic mass is 35.5. The number of benzene rings is 1. The molecular weight excluding hydrogens is 294 g/mol. The molecule has 2 atom stereocenters. The lowest BCUT2D eigenvalue weighted by molar-refractivity contribution is -0.121. The molecule has 5 heteroatoms. The fourth-order valence-electron chi connectivity index (χ4n) is 2.13. The van der Waals surface area contributed by atoms with Crippen molar-refractivity contribution < 1.29 is 9.90 Å². The minimum Gasteiger partial charge on any atom is -0.396 e. The Morgan fingerprint density at radius 2 is 2.10 bits per heavy atom. The van der Waals surface area contributed by atoms with Gasteiger partial charge in [-0.3, -0.25) is 4.79 Å². The van der Waals surface area contributed by atoms with Gasteiger partial charge in [-0.05, 0) is 56.4 Å². The molecule has 1 aliphatic carbocycles. The molecule has 1 aromatic rings. The molecule has 0 saturated heterocycles. The average molecular weight is 314 g/mol. The van der Waals surface area contributed by atoms with Gasteiger partial charge in [-0.25, -0.2) is 0 Å². The second-order valence-electron chi connectivity index (χ2n) is 5.18. The van der Waals surface area contributed by atoms with Gasteiger partial charge in [0.15, 0.2) is 0 Å². The minimum atomic E-state index is -0.156. The van der Waals surface area contributed by atoms with Gasteiger partial charge < -0.3 is 10.4 Å². The lowest BCUT2D eigenvalue weighted by atomic mass is 10.1. The van der Waals surface area contributed by atoms with Crippen LogP contribution >= 0.6 is 23.4 Å². The molecule has 2 rings (SSSR count). The first-order valence-corrected chi connectivity index (χ1v) is 8.19. The van der Waals surface area contributed by atoms with Crippen molar-refractivity contribution in [2.75, 3.05) is 6.61 Å². The predicted octanol–water partition coefficient (Wildman–Crippen LogP) is 3.10. The third-order valence-corrected chi connectivity index (χ3v) is 4.82. The van der Waals surface area contributed by atoms with Gasteiger partial charge in [-0.2, -0.15) is 0 Å². The number of thioether (sulfide) groups is 1. The molecule has 2 unspecified atom stereocenters. The number of amides is 1. The number of hydrogen-bond acceptors (Lipinski definition) is 3. The third kappa shape index (κ3) is 4.69. The first-order chi connectivity index (χ1) is 9.60. The van der Waals surface area contributed by atoms with E-state index in [1.165, 1.54) is 11.8 Å². The van der Waals surface area contributed by atoms with Crippen molar-refractivity contribution in [2.24, 2.45) is 5.92 Å². The van der Waals surface area contributed by atoms with E-state index < -0.39 is 0 Å². The summed E-state index contributed by atoms with van der Waals surface area (Å²) in [6, 6.07) is 7.62. The summed E-state index contributed by atoms with van der Waals surface area (Å²) in [6.07, 6.45) is 2.96. The van der Waals surface area contributed by atoms with E-state index in [1.807, 2.05) is 31.2 Å². The van der Waals surface area contributed by atoms with E-state index in [1.54, 1.807) is 0 Å². The highest BCUT2D eigenvalue weighted by molar-refractivity contribution is 8.00. The number of rotatable bonds is 7. The van der Waals surface area contributed by atoms with Crippen molar-refractivity contribution in [3.05, 3.63) is 29.3 Å². The maximum absolute atomic E-state index is 12.2. The van der Waals surface area contributed by atoms with Crippen LogP contribution in [0.1, 0.15) is 26.2 Å². The topological polar surface area (TPSA) is 49.3 Å². The quantitative estimate of drug-likeness (QED) is 0.761. The SMILES string of the molecule is CC(Sc1ccc(Cl)cc1)C(=O)NC(CCO)C1CC1. The highest BCUT2D eigenvalue weighted by Crippen LogP contribution is 2.34. The number of halogens is 1. The van der Waals surface area contributed by atoms with Crippen molar-refractivity contribution in [1.82, 2.24) is 5.32 Å². The van der Waals surface area contributed by atoms with Crippen molar-refractivity contribution in [2.45, 2.75) is 42.4 Å². The Hall–Kier alpha value is -0.710. The molecule has 1 fully saturated rings. The largest absolute Gasteiger partial charge is 0.396 e. The Morgan fingerprint density at radius 3 is 2.65 bits per heavy atom. The lowest BCUT2D eigenvalue weighted by Gasteiger charge is -2.20. The minimum absolute atomic E-state index is 0.0373. The standard InChI is InChI=1S/C15H20ClNO2S/c1-10(20-13-6-4-12(16)5-7-13)15(19)17-14(8-9-18)11-2-3-11/h4-7,10-11,14,18H,2-3,8-9H2,1H3,(H,17,19). The molecule has 1 amide bonds. The molecule has 0 spiro atoms. The van der Waals surface area contributed by atoms with Gasteiger partial charge in [0.1, 0.15) is 0 Å². The highest BCUT2D eigenvalue weighted by Gasteiger charge is 2.32. The van der Waals surface area contributed by atoms with E-state index in [9.17, 15) is 4.79 Å². The fourth-order valence-corrected chi connectivity index (χ4v) is 3.14. The second kappa shape index (κ2) is 7.34. The van der Waals surface area contributed by atoms with Crippen LogP contribution in [0, 0.1) is 5.92 Å². The summed E-state index contributed by atoms with van der Waals surface area (Å²) in [6.45, 7) is 2.03. The number of nitrogens with one attached hydrogen (secondary N) is 1. The molecular formula is C15H20ClNO2S. The van der Waals surface area contributed by atoms with Crippen LogP contribution in [0.5, 0.6) is 0 Å². The van der Waals surface area contributed by atoms with Crippen molar-refractivity contribution in [3.8, 4) is 0 Å². The van der Waals surface area contributed by atoms with Gasteiger partial charge in [-0.15, -0.1) is 11.8 Å². The van der Waals surface area contributed by atoms with Gasteiger partial charge in [0.2, 0.25) is 5.91 Å². The molecule has 1 aromatic carbocycles. The zero-order valence-electron chi connectivity index (χ0n) is 11.5. The molecule has 1 aliphatic rings. The van der Waals surface area contributed by atoms with E-state index >= 15 is 0 Å². The summed E-state index contributed by atoms with van der Waals surface area (Å²) in [4.78, 5) is 13.2. The van der Waals surface area contributed by atoms with Crippen molar-refractivity contribution >= 4 is 29.3 Å². The molecule has 110 valence electrons. The van der Waals surface area contributed by atoms with Crippen LogP contribution in [0.4, 0.5) is 0 Å². The van der Waals surface area contributed by atoms with Gasteiger partial charge >= 0.3 is 0 Å².